The molecule has 0 atom stereocenters. The summed E-state index contributed by atoms with van der Waals surface area (Å²) in [5, 5.41) is 0.504. The Morgan fingerprint density at radius 1 is 0.538 bits per heavy atom. The third-order valence-electron chi connectivity index (χ3n) is 3.31. The highest BCUT2D eigenvalue weighted by molar-refractivity contribution is 5.09. The molecule has 0 aromatic rings. The van der Waals surface area contributed by atoms with Crippen LogP contribution in [0.3, 0.4) is 0 Å². The molecular weight excluding hydrogens is 405 g/mol. The van der Waals surface area contributed by atoms with Crippen LogP contribution in [0.25, 0.3) is 0 Å². The zero-order valence-electron chi connectivity index (χ0n) is 12.9. The quantitative estimate of drug-likeness (QED) is 0.266. The first-order valence-electron chi connectivity index (χ1n) is 7.02. The molecule has 0 rings (SSSR count). The molecule has 0 amide bonds. The first-order valence-corrected chi connectivity index (χ1v) is 7.02. The van der Waals surface area contributed by atoms with Gasteiger partial charge in [0.05, 0.1) is 0 Å². The molecule has 0 fully saturated rings. The van der Waals surface area contributed by atoms with Crippen molar-refractivity contribution in [1.82, 2.24) is 5.32 Å². The molecule has 158 valence electrons. The van der Waals surface area contributed by atoms with Gasteiger partial charge in [0.2, 0.25) is 0 Å². The van der Waals surface area contributed by atoms with E-state index < -0.39 is 42.5 Å². The third kappa shape index (κ3) is 4.14. The van der Waals surface area contributed by atoms with Crippen molar-refractivity contribution >= 4 is 0 Å². The number of hydrogen-bond acceptors (Lipinski definition) is 1. The molecule has 0 saturated heterocycles. The van der Waals surface area contributed by atoms with E-state index in [9.17, 15) is 57.1 Å². The van der Waals surface area contributed by atoms with E-state index >= 15 is 0 Å². The van der Waals surface area contributed by atoms with Gasteiger partial charge in [-0.2, -0.15) is 57.1 Å². The fourth-order valence-corrected chi connectivity index (χ4v) is 1.68. The van der Waals surface area contributed by atoms with Crippen molar-refractivity contribution < 1.29 is 57.1 Å². The van der Waals surface area contributed by atoms with Crippen LogP contribution in [0.1, 0.15) is 32.6 Å². The van der Waals surface area contributed by atoms with Gasteiger partial charge in [-0.25, -0.2) is 0 Å². The Bertz CT molecular complexity index is 455. The summed E-state index contributed by atoms with van der Waals surface area (Å²) in [6.45, 7) is 0.569. The number of nitrogens with one attached hydrogen (secondary N) is 1. The average Bonchev–Trinajstić information content (AvgIpc) is 2.44. The molecule has 0 aliphatic carbocycles. The zero-order chi connectivity index (χ0) is 21.2. The van der Waals surface area contributed by atoms with Crippen LogP contribution in [-0.4, -0.2) is 42.5 Å². The Balaban J connectivity index is 5.64. The maximum Gasteiger partial charge on any atom is 0.460 e. The molecule has 0 saturated carbocycles. The van der Waals surface area contributed by atoms with Crippen molar-refractivity contribution in [2.45, 2.75) is 68.5 Å². The summed E-state index contributed by atoms with van der Waals surface area (Å²) in [6, 6.07) is -6.19. The molecule has 0 spiro atoms. The van der Waals surface area contributed by atoms with E-state index in [1.54, 1.807) is 6.92 Å². The molecule has 1 nitrogen and oxygen atoms in total. The van der Waals surface area contributed by atoms with E-state index in [0.717, 1.165) is 0 Å². The summed E-state index contributed by atoms with van der Waals surface area (Å²) in [6.07, 6.45) is -6.54. The highest BCUT2D eigenvalue weighted by Gasteiger charge is 2.90. The Labute approximate surface area is 138 Å². The number of alkyl halides is 13. The molecule has 0 aromatic carbocycles. The fraction of sp³-hybridized carbons (Fsp3) is 1.00. The summed E-state index contributed by atoms with van der Waals surface area (Å²) in [4.78, 5) is 0. The van der Waals surface area contributed by atoms with Crippen LogP contribution in [0.4, 0.5) is 57.1 Å². The summed E-state index contributed by atoms with van der Waals surface area (Å²) in [7, 11) is 0. The van der Waals surface area contributed by atoms with E-state index in [-0.39, 0.29) is 12.8 Å². The lowest BCUT2D eigenvalue weighted by molar-refractivity contribution is -0.442. The van der Waals surface area contributed by atoms with Gasteiger partial charge < -0.3 is 0 Å². The van der Waals surface area contributed by atoms with E-state index in [0.29, 0.717) is 18.2 Å². The monoisotopic (exact) mass is 419 g/mol. The maximum atomic E-state index is 13.2. The summed E-state index contributed by atoms with van der Waals surface area (Å²) in [5.74, 6) is -30.5. The lowest BCUT2D eigenvalue weighted by atomic mass is 9.96. The van der Waals surface area contributed by atoms with Crippen LogP contribution in [0.15, 0.2) is 0 Å². The molecule has 0 aliphatic heterocycles. The van der Waals surface area contributed by atoms with Gasteiger partial charge in [0.1, 0.15) is 0 Å². The molecule has 0 aromatic heterocycles. The van der Waals surface area contributed by atoms with Crippen LogP contribution >= 0.6 is 0 Å². The van der Waals surface area contributed by atoms with Gasteiger partial charge >= 0.3 is 35.9 Å². The number of rotatable bonds is 10. The minimum Gasteiger partial charge on any atom is -0.253 e. The molecule has 0 heterocycles. The normalized spacial score (nSPS) is 15.5. The van der Waals surface area contributed by atoms with Crippen molar-refractivity contribution in [3.05, 3.63) is 0 Å². The van der Waals surface area contributed by atoms with Crippen LogP contribution in [0.5, 0.6) is 0 Å². The van der Waals surface area contributed by atoms with Gasteiger partial charge in [0, 0.05) is 6.54 Å². The molecule has 0 unspecified atom stereocenters. The van der Waals surface area contributed by atoms with E-state index in [4.69, 9.17) is 0 Å². The maximum absolute atomic E-state index is 13.2. The highest BCUT2D eigenvalue weighted by Crippen LogP contribution is 2.59. The van der Waals surface area contributed by atoms with Crippen molar-refractivity contribution in [3.63, 3.8) is 0 Å². The first kappa shape index (κ1) is 25.1. The predicted octanol–water partition coefficient (Wildman–Crippen LogP) is 5.85. The molecule has 1 N–H and O–H groups in total. The van der Waals surface area contributed by atoms with E-state index in [1.165, 1.54) is 0 Å². The first-order chi connectivity index (χ1) is 11.3. The lowest BCUT2D eigenvalue weighted by Gasteiger charge is -2.39. The summed E-state index contributed by atoms with van der Waals surface area (Å²) >= 11 is 0. The highest BCUT2D eigenvalue weighted by atomic mass is 19.4. The number of hydrogen-bond donors (Lipinski definition) is 1. The van der Waals surface area contributed by atoms with E-state index in [2.05, 4.69) is 0 Å². The lowest BCUT2D eigenvalue weighted by Crippen LogP contribution is -2.72. The van der Waals surface area contributed by atoms with Crippen molar-refractivity contribution in [1.29, 1.82) is 0 Å². The van der Waals surface area contributed by atoms with Crippen LogP contribution in [0, 0.1) is 0 Å². The Morgan fingerprint density at radius 3 is 1.35 bits per heavy atom. The van der Waals surface area contributed by atoms with Gasteiger partial charge in [-0.1, -0.05) is 26.2 Å². The summed E-state index contributed by atoms with van der Waals surface area (Å²) in [5.41, 5.74) is 0. The van der Waals surface area contributed by atoms with E-state index in [1.807, 2.05) is 0 Å². The third-order valence-corrected chi connectivity index (χ3v) is 3.31. The zero-order valence-corrected chi connectivity index (χ0v) is 12.9. The second-order valence-corrected chi connectivity index (χ2v) is 5.36. The Hall–Kier alpha value is -0.950. The largest absolute Gasteiger partial charge is 0.460 e. The number of halogens is 13. The molecule has 14 heteroatoms. The minimum absolute atomic E-state index is 0.157. The Kier molecular flexibility index (Phi) is 7.31. The smallest absolute Gasteiger partial charge is 0.253 e. The average molecular weight is 419 g/mol. The molecule has 26 heavy (non-hydrogen) atoms. The molecule has 0 bridgehead atoms. The van der Waals surface area contributed by atoms with Gasteiger partial charge in [-0.3, -0.25) is 5.32 Å². The summed E-state index contributed by atoms with van der Waals surface area (Å²) < 4.78 is 166. The Morgan fingerprint density at radius 2 is 0.962 bits per heavy atom. The van der Waals surface area contributed by atoms with Gasteiger partial charge in [-0.15, -0.1) is 0 Å². The SMILES string of the molecule is CCCCCCNC(F)(F)C(F)(F)C(F)(F)C(F)(F)C(F)(F)C(F)(F)F. The van der Waals surface area contributed by atoms with Gasteiger partial charge in [-0.05, 0) is 6.42 Å². The molecular formula is C12H14F13N. The van der Waals surface area contributed by atoms with Crippen LogP contribution in [0.2, 0.25) is 0 Å². The standard InChI is InChI=1S/C12H14F13N/c1-2-3-4-5-6-26-12(24,25)10(19,20)8(15,16)7(13,14)9(17,18)11(21,22)23/h26H,2-6H2,1H3. The second kappa shape index (κ2) is 7.58. The van der Waals surface area contributed by atoms with Gasteiger partial charge in [0.25, 0.3) is 0 Å². The van der Waals surface area contributed by atoms with Crippen LogP contribution < -0.4 is 5.32 Å². The number of unbranched alkanes of at least 4 members (excludes halogenated alkanes) is 3. The van der Waals surface area contributed by atoms with Crippen molar-refractivity contribution in [2.24, 2.45) is 0 Å². The fourth-order valence-electron chi connectivity index (χ4n) is 1.68. The van der Waals surface area contributed by atoms with Gasteiger partial charge in [0.15, 0.2) is 0 Å². The second-order valence-electron chi connectivity index (χ2n) is 5.36. The van der Waals surface area contributed by atoms with Crippen LogP contribution in [-0.2, 0) is 0 Å². The van der Waals surface area contributed by atoms with Crippen molar-refractivity contribution in [2.75, 3.05) is 6.54 Å². The minimum atomic E-state index is -7.85. The molecule has 0 radical (unpaired) electrons. The molecule has 0 aliphatic rings. The van der Waals surface area contributed by atoms with Crippen molar-refractivity contribution in [3.8, 4) is 0 Å². The topological polar surface area (TPSA) is 12.0 Å². The predicted molar refractivity (Wildman–Crippen MR) is 62.9 cm³/mol.